The molecule has 0 radical (unpaired) electrons. The van der Waals surface area contributed by atoms with Crippen molar-refractivity contribution in [1.82, 2.24) is 4.90 Å². The minimum atomic E-state index is -0.310. The molecule has 158 valence electrons. The minimum absolute atomic E-state index is 0.0498. The quantitative estimate of drug-likeness (QED) is 0.816. The highest BCUT2D eigenvalue weighted by atomic mass is 32.1. The molecule has 2 saturated heterocycles. The van der Waals surface area contributed by atoms with Gasteiger partial charge in [0.2, 0.25) is 17.7 Å². The summed E-state index contributed by atoms with van der Waals surface area (Å²) in [6.45, 7) is 3.09. The lowest BCUT2D eigenvalue weighted by Crippen LogP contribution is -2.51. The van der Waals surface area contributed by atoms with E-state index in [1.165, 1.54) is 0 Å². The molecule has 7 heteroatoms. The minimum Gasteiger partial charge on any atom is -0.369 e. The van der Waals surface area contributed by atoms with Gasteiger partial charge < -0.3 is 15.5 Å². The number of anilines is 1. The second kappa shape index (κ2) is 8.60. The van der Waals surface area contributed by atoms with Gasteiger partial charge >= 0.3 is 0 Å². The molecule has 1 aromatic carbocycles. The molecule has 2 aliphatic heterocycles. The molecule has 4 rings (SSSR count). The van der Waals surface area contributed by atoms with Crippen molar-refractivity contribution in [2.75, 3.05) is 18.0 Å². The lowest BCUT2D eigenvalue weighted by atomic mass is 9.85. The fraction of sp³-hybridized carbons (Fsp3) is 0.435. The number of nitrogens with zero attached hydrogens (tertiary/aromatic N) is 2. The van der Waals surface area contributed by atoms with Gasteiger partial charge in [0, 0.05) is 36.0 Å². The summed E-state index contributed by atoms with van der Waals surface area (Å²) in [5.74, 6) is -0.617. The molecule has 30 heavy (non-hydrogen) atoms. The summed E-state index contributed by atoms with van der Waals surface area (Å²) >= 11 is 1.58. The van der Waals surface area contributed by atoms with Crippen LogP contribution in [0.3, 0.4) is 0 Å². The predicted molar refractivity (Wildman–Crippen MR) is 117 cm³/mol. The molecule has 0 unspecified atom stereocenters. The SMILES string of the molecule is Cc1ccc(N2C(=O)CC[C@@H](C(=O)N3CCC(C(N)=O)CC3)[C@@H]2c2cccs2)cc1. The van der Waals surface area contributed by atoms with Crippen molar-refractivity contribution in [1.29, 1.82) is 0 Å². The van der Waals surface area contributed by atoms with Crippen LogP contribution < -0.4 is 10.6 Å². The molecule has 3 heterocycles. The van der Waals surface area contributed by atoms with Crippen LogP contribution in [0.5, 0.6) is 0 Å². The maximum Gasteiger partial charge on any atom is 0.228 e. The monoisotopic (exact) mass is 425 g/mol. The second-order valence-electron chi connectivity index (χ2n) is 8.21. The maximum absolute atomic E-state index is 13.5. The molecule has 2 aliphatic rings. The van der Waals surface area contributed by atoms with Gasteiger partial charge in [-0.25, -0.2) is 0 Å². The fourth-order valence-corrected chi connectivity index (χ4v) is 5.45. The Morgan fingerprint density at radius 3 is 2.37 bits per heavy atom. The van der Waals surface area contributed by atoms with Crippen LogP contribution in [-0.4, -0.2) is 35.7 Å². The molecule has 1 aromatic heterocycles. The first kappa shape index (κ1) is 20.6. The van der Waals surface area contributed by atoms with Gasteiger partial charge in [-0.3, -0.25) is 14.4 Å². The van der Waals surface area contributed by atoms with Crippen LogP contribution in [0.25, 0.3) is 0 Å². The summed E-state index contributed by atoms with van der Waals surface area (Å²) in [5.41, 5.74) is 7.39. The Labute approximate surface area is 180 Å². The van der Waals surface area contributed by atoms with Crippen LogP contribution in [-0.2, 0) is 14.4 Å². The predicted octanol–water partition coefficient (Wildman–Crippen LogP) is 3.26. The van der Waals surface area contributed by atoms with Crippen LogP contribution in [0.1, 0.15) is 42.2 Å². The molecule has 0 bridgehead atoms. The molecule has 0 spiro atoms. The van der Waals surface area contributed by atoms with E-state index >= 15 is 0 Å². The van der Waals surface area contributed by atoms with E-state index in [9.17, 15) is 14.4 Å². The Bertz CT molecular complexity index is 918. The fourth-order valence-electron chi connectivity index (χ4n) is 4.56. The van der Waals surface area contributed by atoms with Crippen molar-refractivity contribution < 1.29 is 14.4 Å². The summed E-state index contributed by atoms with van der Waals surface area (Å²) in [5, 5.41) is 1.99. The Kier molecular flexibility index (Phi) is 5.90. The first-order valence-electron chi connectivity index (χ1n) is 10.5. The number of thiophene rings is 1. The number of hydrogen-bond donors (Lipinski definition) is 1. The van der Waals surface area contributed by atoms with Crippen molar-refractivity contribution in [2.24, 2.45) is 17.6 Å². The number of amides is 3. The number of carbonyl (C=O) groups is 3. The van der Waals surface area contributed by atoms with E-state index in [4.69, 9.17) is 5.73 Å². The first-order valence-corrected chi connectivity index (χ1v) is 11.3. The van der Waals surface area contributed by atoms with Gasteiger partial charge in [-0.15, -0.1) is 11.3 Å². The standard InChI is InChI=1S/C23H27N3O3S/c1-15-4-6-17(7-5-15)26-20(27)9-8-18(21(26)19-3-2-14-30-19)23(29)25-12-10-16(11-13-25)22(24)28/h2-7,14,16,18,21H,8-13H2,1H3,(H2,24,28)/t18-,21-/m1/s1. The molecular formula is C23H27N3O3S. The Morgan fingerprint density at radius 1 is 1.07 bits per heavy atom. The molecule has 2 N–H and O–H groups in total. The van der Waals surface area contributed by atoms with E-state index in [-0.39, 0.29) is 35.6 Å². The normalized spacial score (nSPS) is 22.9. The highest BCUT2D eigenvalue weighted by Crippen LogP contribution is 2.42. The molecule has 2 aromatic rings. The van der Waals surface area contributed by atoms with Crippen molar-refractivity contribution in [3.05, 3.63) is 52.2 Å². The number of benzene rings is 1. The summed E-state index contributed by atoms with van der Waals surface area (Å²) in [7, 11) is 0. The van der Waals surface area contributed by atoms with Gasteiger partial charge in [0.05, 0.1) is 12.0 Å². The van der Waals surface area contributed by atoms with Gasteiger partial charge in [0.25, 0.3) is 0 Å². The third-order valence-electron chi connectivity index (χ3n) is 6.27. The van der Waals surface area contributed by atoms with Crippen molar-refractivity contribution in [3.8, 4) is 0 Å². The molecule has 3 amide bonds. The van der Waals surface area contributed by atoms with E-state index in [1.54, 1.807) is 11.3 Å². The third-order valence-corrected chi connectivity index (χ3v) is 7.21. The lowest BCUT2D eigenvalue weighted by Gasteiger charge is -2.42. The smallest absolute Gasteiger partial charge is 0.228 e. The first-order chi connectivity index (χ1) is 14.5. The second-order valence-corrected chi connectivity index (χ2v) is 9.19. The number of rotatable bonds is 4. The molecule has 0 saturated carbocycles. The number of likely N-dealkylation sites (tertiary alicyclic amines) is 1. The molecule has 2 atom stereocenters. The van der Waals surface area contributed by atoms with Crippen LogP contribution >= 0.6 is 11.3 Å². The summed E-state index contributed by atoms with van der Waals surface area (Å²) in [6.07, 6.45) is 2.11. The van der Waals surface area contributed by atoms with Crippen LogP contribution in [0, 0.1) is 18.8 Å². The maximum atomic E-state index is 13.5. The number of hydrogen-bond acceptors (Lipinski definition) is 4. The van der Waals surface area contributed by atoms with Gasteiger partial charge in [-0.1, -0.05) is 23.8 Å². The summed E-state index contributed by atoms with van der Waals surface area (Å²) in [4.78, 5) is 42.7. The van der Waals surface area contributed by atoms with Crippen molar-refractivity contribution >= 4 is 34.7 Å². The van der Waals surface area contributed by atoms with Crippen molar-refractivity contribution in [2.45, 2.75) is 38.6 Å². The summed E-state index contributed by atoms with van der Waals surface area (Å²) in [6, 6.07) is 11.6. The van der Waals surface area contributed by atoms with E-state index in [0.717, 1.165) is 16.1 Å². The van der Waals surface area contributed by atoms with E-state index in [0.29, 0.717) is 38.8 Å². The zero-order valence-electron chi connectivity index (χ0n) is 17.1. The van der Waals surface area contributed by atoms with Gasteiger partial charge in [-0.05, 0) is 49.8 Å². The summed E-state index contributed by atoms with van der Waals surface area (Å²) < 4.78 is 0. The number of carbonyl (C=O) groups excluding carboxylic acids is 3. The largest absolute Gasteiger partial charge is 0.369 e. The average molecular weight is 426 g/mol. The zero-order valence-corrected chi connectivity index (χ0v) is 17.9. The van der Waals surface area contributed by atoms with Gasteiger partial charge in [-0.2, -0.15) is 0 Å². The Balaban J connectivity index is 1.63. The molecule has 2 fully saturated rings. The van der Waals surface area contributed by atoms with Crippen LogP contribution in [0.2, 0.25) is 0 Å². The average Bonchev–Trinajstić information content (AvgIpc) is 3.28. The molecular weight excluding hydrogens is 398 g/mol. The number of nitrogens with two attached hydrogens (primary N) is 1. The Hall–Kier alpha value is -2.67. The highest BCUT2D eigenvalue weighted by molar-refractivity contribution is 7.10. The highest BCUT2D eigenvalue weighted by Gasteiger charge is 2.44. The Morgan fingerprint density at radius 2 is 1.77 bits per heavy atom. The van der Waals surface area contributed by atoms with Gasteiger partial charge in [0.1, 0.15) is 0 Å². The zero-order chi connectivity index (χ0) is 21.3. The topological polar surface area (TPSA) is 83.7 Å². The molecule has 6 nitrogen and oxygen atoms in total. The van der Waals surface area contributed by atoms with E-state index < -0.39 is 0 Å². The van der Waals surface area contributed by atoms with Gasteiger partial charge in [0.15, 0.2) is 0 Å². The van der Waals surface area contributed by atoms with Crippen LogP contribution in [0.4, 0.5) is 5.69 Å². The lowest BCUT2D eigenvalue weighted by molar-refractivity contribution is -0.141. The van der Waals surface area contributed by atoms with Crippen LogP contribution in [0.15, 0.2) is 41.8 Å². The van der Waals surface area contributed by atoms with Crippen molar-refractivity contribution in [3.63, 3.8) is 0 Å². The molecule has 0 aliphatic carbocycles. The third kappa shape index (κ3) is 3.99. The van der Waals surface area contributed by atoms with E-state index in [1.807, 2.05) is 58.5 Å². The van der Waals surface area contributed by atoms with E-state index in [2.05, 4.69) is 0 Å². The number of aryl methyl sites for hydroxylation is 1. The number of primary amides is 1. The number of piperidine rings is 2.